The molecule has 7 heteroatoms. The molecule has 0 fully saturated rings. The second-order valence-corrected chi connectivity index (χ2v) is 6.25. The maximum absolute atomic E-state index is 12.5. The SMILES string of the molecule is CS(=O)(=O)c1cccc(-n2ccc(C(F)F)cc2=O)c1. The summed E-state index contributed by atoms with van der Waals surface area (Å²) in [6, 6.07) is 7.68. The third-order valence-electron chi connectivity index (χ3n) is 2.72. The Balaban J connectivity index is 2.55. The summed E-state index contributed by atoms with van der Waals surface area (Å²) in [7, 11) is -3.40. The number of aromatic nitrogens is 1. The molecule has 0 atom stereocenters. The Kier molecular flexibility index (Phi) is 3.71. The van der Waals surface area contributed by atoms with E-state index in [-0.39, 0.29) is 10.5 Å². The third kappa shape index (κ3) is 2.93. The maximum atomic E-state index is 12.5. The van der Waals surface area contributed by atoms with E-state index in [2.05, 4.69) is 0 Å². The van der Waals surface area contributed by atoms with Crippen LogP contribution >= 0.6 is 0 Å². The number of rotatable bonds is 3. The van der Waals surface area contributed by atoms with E-state index < -0.39 is 21.8 Å². The first-order valence-corrected chi connectivity index (χ1v) is 7.49. The summed E-state index contributed by atoms with van der Waals surface area (Å²) >= 11 is 0. The fraction of sp³-hybridized carbons (Fsp3) is 0.154. The monoisotopic (exact) mass is 299 g/mol. The predicted molar refractivity (Wildman–Crippen MR) is 70.1 cm³/mol. The molecular weight excluding hydrogens is 288 g/mol. The van der Waals surface area contributed by atoms with Crippen molar-refractivity contribution in [1.29, 1.82) is 0 Å². The highest BCUT2D eigenvalue weighted by atomic mass is 32.2. The van der Waals surface area contributed by atoms with Gasteiger partial charge in [0.2, 0.25) is 0 Å². The Hall–Kier alpha value is -2.02. The first-order chi connectivity index (χ1) is 9.29. The van der Waals surface area contributed by atoms with E-state index in [0.29, 0.717) is 5.69 Å². The Bertz CT molecular complexity index is 797. The number of sulfone groups is 1. The van der Waals surface area contributed by atoms with Crippen molar-refractivity contribution < 1.29 is 17.2 Å². The normalized spacial score (nSPS) is 11.8. The van der Waals surface area contributed by atoms with E-state index in [9.17, 15) is 22.0 Å². The fourth-order valence-corrected chi connectivity index (χ4v) is 2.37. The molecule has 0 N–H and O–H groups in total. The summed E-state index contributed by atoms with van der Waals surface area (Å²) in [6.07, 6.45) is -0.472. The molecule has 1 heterocycles. The second kappa shape index (κ2) is 5.16. The lowest BCUT2D eigenvalue weighted by atomic mass is 10.2. The van der Waals surface area contributed by atoms with Gasteiger partial charge in [-0.2, -0.15) is 0 Å². The minimum atomic E-state index is -3.40. The molecule has 2 rings (SSSR count). The van der Waals surface area contributed by atoms with Crippen LogP contribution in [0.1, 0.15) is 12.0 Å². The number of hydrogen-bond donors (Lipinski definition) is 0. The van der Waals surface area contributed by atoms with Gasteiger partial charge in [0.15, 0.2) is 9.84 Å². The van der Waals surface area contributed by atoms with Crippen LogP contribution in [-0.4, -0.2) is 19.2 Å². The van der Waals surface area contributed by atoms with Crippen molar-refractivity contribution in [2.24, 2.45) is 0 Å². The Morgan fingerprint density at radius 2 is 1.85 bits per heavy atom. The highest BCUT2D eigenvalue weighted by Crippen LogP contribution is 2.18. The Labute approximate surface area is 114 Å². The molecule has 0 aliphatic carbocycles. The standard InChI is InChI=1S/C13H11F2NO3S/c1-20(18,19)11-4-2-3-10(8-11)16-6-5-9(13(14)15)7-12(16)17/h2-8,13H,1H3. The minimum Gasteiger partial charge on any atom is -0.284 e. The van der Waals surface area contributed by atoms with E-state index in [1.807, 2.05) is 0 Å². The zero-order chi connectivity index (χ0) is 14.9. The van der Waals surface area contributed by atoms with Crippen molar-refractivity contribution in [2.45, 2.75) is 11.3 Å². The molecule has 0 aliphatic rings. The molecule has 1 aromatic carbocycles. The third-order valence-corrected chi connectivity index (χ3v) is 3.83. The van der Waals surface area contributed by atoms with Crippen LogP contribution in [0.25, 0.3) is 5.69 Å². The summed E-state index contributed by atoms with van der Waals surface area (Å²) in [5.41, 5.74) is -0.710. The van der Waals surface area contributed by atoms with Gasteiger partial charge in [-0.25, -0.2) is 17.2 Å². The summed E-state index contributed by atoms with van der Waals surface area (Å²) in [4.78, 5) is 11.8. The van der Waals surface area contributed by atoms with Crippen molar-refractivity contribution in [3.63, 3.8) is 0 Å². The highest BCUT2D eigenvalue weighted by molar-refractivity contribution is 7.90. The van der Waals surface area contributed by atoms with E-state index in [0.717, 1.165) is 23.0 Å². The minimum absolute atomic E-state index is 0.0554. The summed E-state index contributed by atoms with van der Waals surface area (Å²) in [5, 5.41) is 0. The van der Waals surface area contributed by atoms with Crippen LogP contribution in [0, 0.1) is 0 Å². The van der Waals surface area contributed by atoms with Crippen molar-refractivity contribution in [2.75, 3.05) is 6.26 Å². The van der Waals surface area contributed by atoms with Crippen LogP contribution in [0.5, 0.6) is 0 Å². The van der Waals surface area contributed by atoms with Crippen molar-refractivity contribution in [3.8, 4) is 5.69 Å². The molecule has 106 valence electrons. The van der Waals surface area contributed by atoms with Gasteiger partial charge in [0.05, 0.1) is 4.90 Å². The first kappa shape index (κ1) is 14.4. The van der Waals surface area contributed by atoms with Crippen LogP contribution in [0.15, 0.2) is 52.3 Å². The molecule has 0 spiro atoms. The lowest BCUT2D eigenvalue weighted by molar-refractivity contribution is 0.151. The zero-order valence-corrected chi connectivity index (χ0v) is 11.3. The molecule has 0 saturated heterocycles. The number of pyridine rings is 1. The summed E-state index contributed by atoms with van der Waals surface area (Å²) in [6.45, 7) is 0. The van der Waals surface area contributed by atoms with Gasteiger partial charge >= 0.3 is 0 Å². The number of alkyl halides is 2. The Morgan fingerprint density at radius 1 is 1.15 bits per heavy atom. The molecule has 1 aromatic heterocycles. The molecule has 0 amide bonds. The van der Waals surface area contributed by atoms with Gasteiger partial charge < -0.3 is 0 Å². The molecular formula is C13H11F2NO3S. The topological polar surface area (TPSA) is 56.1 Å². The molecule has 0 bridgehead atoms. The molecule has 0 aliphatic heterocycles. The van der Waals surface area contributed by atoms with E-state index in [1.165, 1.54) is 30.5 Å². The van der Waals surface area contributed by atoms with E-state index in [1.54, 1.807) is 0 Å². The van der Waals surface area contributed by atoms with Gasteiger partial charge in [-0.15, -0.1) is 0 Å². The van der Waals surface area contributed by atoms with Gasteiger partial charge in [0.1, 0.15) is 0 Å². The average Bonchev–Trinajstić information content (AvgIpc) is 2.37. The Morgan fingerprint density at radius 3 is 2.40 bits per heavy atom. The van der Waals surface area contributed by atoms with Gasteiger partial charge in [0.25, 0.3) is 12.0 Å². The number of halogens is 2. The zero-order valence-electron chi connectivity index (χ0n) is 10.5. The lowest BCUT2D eigenvalue weighted by Crippen LogP contribution is -2.17. The average molecular weight is 299 g/mol. The van der Waals surface area contributed by atoms with Gasteiger partial charge in [0, 0.05) is 29.8 Å². The van der Waals surface area contributed by atoms with Crippen LogP contribution in [0.4, 0.5) is 8.78 Å². The number of benzene rings is 1. The van der Waals surface area contributed by atoms with E-state index in [4.69, 9.17) is 0 Å². The van der Waals surface area contributed by atoms with Crippen molar-refractivity contribution in [3.05, 3.63) is 58.5 Å². The molecule has 0 radical (unpaired) electrons. The fourth-order valence-electron chi connectivity index (χ4n) is 1.71. The van der Waals surface area contributed by atoms with Gasteiger partial charge in [-0.05, 0) is 24.3 Å². The molecule has 0 saturated carbocycles. The highest BCUT2D eigenvalue weighted by Gasteiger charge is 2.11. The predicted octanol–water partition coefficient (Wildman–Crippen LogP) is 2.18. The number of nitrogens with zero attached hydrogens (tertiary/aromatic N) is 1. The van der Waals surface area contributed by atoms with Crippen molar-refractivity contribution in [1.82, 2.24) is 4.57 Å². The smallest absolute Gasteiger partial charge is 0.264 e. The quantitative estimate of drug-likeness (QED) is 0.873. The molecule has 2 aromatic rings. The van der Waals surface area contributed by atoms with Gasteiger partial charge in [-0.3, -0.25) is 9.36 Å². The first-order valence-electron chi connectivity index (χ1n) is 5.60. The molecule has 4 nitrogen and oxygen atoms in total. The van der Waals surface area contributed by atoms with Crippen LogP contribution in [-0.2, 0) is 9.84 Å². The molecule has 20 heavy (non-hydrogen) atoms. The van der Waals surface area contributed by atoms with Crippen LogP contribution in [0.3, 0.4) is 0 Å². The summed E-state index contributed by atoms with van der Waals surface area (Å²) < 4.78 is 49.0. The number of hydrogen-bond acceptors (Lipinski definition) is 3. The van der Waals surface area contributed by atoms with Gasteiger partial charge in [-0.1, -0.05) is 6.07 Å². The van der Waals surface area contributed by atoms with E-state index >= 15 is 0 Å². The van der Waals surface area contributed by atoms with Crippen LogP contribution < -0.4 is 5.56 Å². The van der Waals surface area contributed by atoms with Crippen molar-refractivity contribution >= 4 is 9.84 Å². The maximum Gasteiger partial charge on any atom is 0.264 e. The summed E-state index contributed by atoms with van der Waals surface area (Å²) in [5.74, 6) is 0. The van der Waals surface area contributed by atoms with Crippen LogP contribution in [0.2, 0.25) is 0 Å². The second-order valence-electron chi connectivity index (χ2n) is 4.24. The molecule has 0 unspecified atom stereocenters. The lowest BCUT2D eigenvalue weighted by Gasteiger charge is -2.08. The largest absolute Gasteiger partial charge is 0.284 e.